The molecule has 0 aliphatic rings. The molecule has 0 saturated heterocycles. The Morgan fingerprint density at radius 2 is 1.03 bits per heavy atom. The Hall–Kier alpha value is -1.62. The van der Waals surface area contributed by atoms with Crippen LogP contribution in [0.2, 0.25) is 0 Å². The van der Waals surface area contributed by atoms with Crippen LogP contribution < -0.4 is 0 Å². The van der Waals surface area contributed by atoms with Gasteiger partial charge in [-0.25, -0.2) is 0 Å². The van der Waals surface area contributed by atoms with Crippen LogP contribution in [0.5, 0.6) is 0 Å². The van der Waals surface area contributed by atoms with Crippen molar-refractivity contribution >= 4 is 21.6 Å². The summed E-state index contributed by atoms with van der Waals surface area (Å²) in [5.74, 6) is 0.626. The van der Waals surface area contributed by atoms with Gasteiger partial charge in [0.05, 0.1) is 0 Å². The van der Waals surface area contributed by atoms with E-state index in [-0.39, 0.29) is 17.6 Å². The second kappa shape index (κ2) is 15.3. The standard InChI is InChI=1S/C31H41P.ClH/c1-2-3-4-5-6-16-23-30(24-27-17-10-7-11-18-27)31(32,25-28-19-12-8-13-20-28)26-29-21-14-9-15-22-29;/h7-15,17-22,30H,2-6,16,23-26,32H2,1H3;1H. The van der Waals surface area contributed by atoms with Gasteiger partial charge in [-0.2, -0.15) is 0 Å². The van der Waals surface area contributed by atoms with E-state index in [1.165, 1.54) is 61.6 Å². The summed E-state index contributed by atoms with van der Waals surface area (Å²) in [6, 6.07) is 33.3. The second-order valence-electron chi connectivity index (χ2n) is 9.50. The summed E-state index contributed by atoms with van der Waals surface area (Å²) in [7, 11) is 3.36. The first kappa shape index (κ1) is 27.6. The molecule has 0 fully saturated rings. The molecule has 3 aromatic carbocycles. The number of unbranched alkanes of at least 4 members (excludes halogenated alkanes) is 5. The van der Waals surface area contributed by atoms with Crippen molar-refractivity contribution in [2.75, 3.05) is 0 Å². The van der Waals surface area contributed by atoms with Crippen molar-refractivity contribution < 1.29 is 0 Å². The van der Waals surface area contributed by atoms with Gasteiger partial charge in [-0.15, -0.1) is 21.6 Å². The second-order valence-corrected chi connectivity index (χ2v) is 10.7. The molecule has 3 aromatic rings. The van der Waals surface area contributed by atoms with E-state index in [0.717, 1.165) is 19.3 Å². The number of hydrogen-bond acceptors (Lipinski definition) is 0. The van der Waals surface area contributed by atoms with E-state index in [1.807, 2.05) is 0 Å². The van der Waals surface area contributed by atoms with Crippen LogP contribution in [0.25, 0.3) is 0 Å². The lowest BCUT2D eigenvalue weighted by Crippen LogP contribution is -2.38. The van der Waals surface area contributed by atoms with Crippen LogP contribution in [-0.4, -0.2) is 5.16 Å². The fourth-order valence-corrected chi connectivity index (χ4v) is 5.72. The molecule has 33 heavy (non-hydrogen) atoms. The smallest absolute Gasteiger partial charge is 0.00385 e. The molecule has 2 unspecified atom stereocenters. The van der Waals surface area contributed by atoms with E-state index < -0.39 is 0 Å². The summed E-state index contributed by atoms with van der Waals surface area (Å²) >= 11 is 0. The van der Waals surface area contributed by atoms with Crippen molar-refractivity contribution in [2.45, 2.75) is 76.3 Å². The topological polar surface area (TPSA) is 0 Å². The van der Waals surface area contributed by atoms with Crippen LogP contribution in [0.15, 0.2) is 91.0 Å². The number of benzene rings is 3. The van der Waals surface area contributed by atoms with Crippen LogP contribution in [0, 0.1) is 5.92 Å². The van der Waals surface area contributed by atoms with Gasteiger partial charge in [-0.1, -0.05) is 136 Å². The highest BCUT2D eigenvalue weighted by atomic mass is 35.5. The number of rotatable bonds is 14. The van der Waals surface area contributed by atoms with E-state index in [2.05, 4.69) is 107 Å². The van der Waals surface area contributed by atoms with E-state index in [4.69, 9.17) is 0 Å². The Kier molecular flexibility index (Phi) is 12.8. The molecule has 0 spiro atoms. The maximum absolute atomic E-state index is 3.36. The fourth-order valence-electron chi connectivity index (χ4n) is 4.97. The maximum atomic E-state index is 3.36. The van der Waals surface area contributed by atoms with Crippen LogP contribution >= 0.6 is 21.6 Å². The first-order valence-electron chi connectivity index (χ1n) is 12.6. The summed E-state index contributed by atoms with van der Waals surface area (Å²) in [5.41, 5.74) is 4.36. The average molecular weight is 481 g/mol. The van der Waals surface area contributed by atoms with Gasteiger partial charge in [0.2, 0.25) is 0 Å². The van der Waals surface area contributed by atoms with Crippen LogP contribution in [0.4, 0.5) is 0 Å². The van der Waals surface area contributed by atoms with E-state index in [9.17, 15) is 0 Å². The molecule has 0 saturated carbocycles. The Morgan fingerprint density at radius 1 is 0.606 bits per heavy atom. The first-order chi connectivity index (χ1) is 15.7. The zero-order chi connectivity index (χ0) is 22.5. The zero-order valence-corrected chi connectivity index (χ0v) is 22.3. The highest BCUT2D eigenvalue weighted by Crippen LogP contribution is 2.40. The summed E-state index contributed by atoms with van der Waals surface area (Å²) in [6.07, 6.45) is 12.8. The van der Waals surface area contributed by atoms with Gasteiger partial charge in [-0.05, 0) is 53.4 Å². The molecular weight excluding hydrogens is 439 g/mol. The zero-order valence-electron chi connectivity index (χ0n) is 20.3. The Labute approximate surface area is 211 Å². The van der Waals surface area contributed by atoms with Gasteiger partial charge in [-0.3, -0.25) is 0 Å². The first-order valence-corrected chi connectivity index (χ1v) is 13.2. The van der Waals surface area contributed by atoms with Crippen molar-refractivity contribution in [1.82, 2.24) is 0 Å². The number of halogens is 1. The minimum atomic E-state index is 0. The third kappa shape index (κ3) is 9.64. The summed E-state index contributed by atoms with van der Waals surface area (Å²) in [4.78, 5) is 0. The molecule has 0 aromatic heterocycles. The predicted octanol–water partition coefficient (Wildman–Crippen LogP) is 9.12. The largest absolute Gasteiger partial charge is 0.147 e. The van der Waals surface area contributed by atoms with Gasteiger partial charge in [0.25, 0.3) is 0 Å². The molecule has 2 atom stereocenters. The molecule has 0 heterocycles. The van der Waals surface area contributed by atoms with Gasteiger partial charge < -0.3 is 0 Å². The van der Waals surface area contributed by atoms with Crippen LogP contribution in [0.1, 0.15) is 68.6 Å². The lowest BCUT2D eigenvalue weighted by molar-refractivity contribution is 0.331. The van der Waals surface area contributed by atoms with Crippen LogP contribution in [0.3, 0.4) is 0 Å². The minimum Gasteiger partial charge on any atom is -0.147 e. The predicted molar refractivity (Wildman–Crippen MR) is 152 cm³/mol. The molecule has 0 bridgehead atoms. The SMILES string of the molecule is CCCCCCCCC(Cc1ccccc1)C(P)(Cc1ccccc1)Cc1ccccc1.Cl. The van der Waals surface area contributed by atoms with Crippen molar-refractivity contribution in [3.8, 4) is 0 Å². The van der Waals surface area contributed by atoms with Crippen molar-refractivity contribution in [1.29, 1.82) is 0 Å². The summed E-state index contributed by atoms with van der Waals surface area (Å²) in [6.45, 7) is 2.30. The molecular formula is C31H42ClP. The lowest BCUT2D eigenvalue weighted by Gasteiger charge is -2.39. The molecule has 0 radical (unpaired) electrons. The Morgan fingerprint density at radius 3 is 1.52 bits per heavy atom. The summed E-state index contributed by atoms with van der Waals surface area (Å²) < 4.78 is 0. The molecule has 3 rings (SSSR count). The van der Waals surface area contributed by atoms with Gasteiger partial charge >= 0.3 is 0 Å². The van der Waals surface area contributed by atoms with Crippen LogP contribution in [-0.2, 0) is 19.3 Å². The van der Waals surface area contributed by atoms with Gasteiger partial charge in [0.15, 0.2) is 0 Å². The Balaban J connectivity index is 0.00000385. The van der Waals surface area contributed by atoms with Crippen molar-refractivity contribution in [3.63, 3.8) is 0 Å². The molecule has 178 valence electrons. The molecule has 2 heteroatoms. The van der Waals surface area contributed by atoms with E-state index >= 15 is 0 Å². The van der Waals surface area contributed by atoms with E-state index in [0.29, 0.717) is 5.92 Å². The fraction of sp³-hybridized carbons (Fsp3) is 0.419. The number of hydrogen-bond donors (Lipinski definition) is 0. The lowest BCUT2D eigenvalue weighted by atomic mass is 9.75. The molecule has 0 amide bonds. The monoisotopic (exact) mass is 480 g/mol. The van der Waals surface area contributed by atoms with Gasteiger partial charge in [0, 0.05) is 0 Å². The maximum Gasteiger partial charge on any atom is -0.00385 e. The minimum absolute atomic E-state index is 0. The van der Waals surface area contributed by atoms with Crippen molar-refractivity contribution in [3.05, 3.63) is 108 Å². The quantitative estimate of drug-likeness (QED) is 0.159. The molecule has 0 aliphatic carbocycles. The van der Waals surface area contributed by atoms with E-state index in [1.54, 1.807) is 0 Å². The average Bonchev–Trinajstić information content (AvgIpc) is 2.82. The Bertz CT molecular complexity index is 822. The highest BCUT2D eigenvalue weighted by molar-refractivity contribution is 7.19. The third-order valence-corrected chi connectivity index (χ3v) is 7.68. The van der Waals surface area contributed by atoms with Gasteiger partial charge in [0.1, 0.15) is 0 Å². The summed E-state index contributed by atoms with van der Waals surface area (Å²) in [5, 5.41) is 0.141. The third-order valence-electron chi connectivity index (χ3n) is 6.80. The molecule has 0 N–H and O–H groups in total. The highest BCUT2D eigenvalue weighted by Gasteiger charge is 2.34. The molecule has 0 aliphatic heterocycles. The van der Waals surface area contributed by atoms with Crippen molar-refractivity contribution in [2.24, 2.45) is 5.92 Å². The normalized spacial score (nSPS) is 12.2. The molecule has 0 nitrogen and oxygen atoms in total.